The molecular weight excluding hydrogens is 336 g/mol. The zero-order valence-electron chi connectivity index (χ0n) is 11.1. The lowest BCUT2D eigenvalue weighted by atomic mass is 10.2. The van der Waals surface area contributed by atoms with Crippen molar-refractivity contribution in [3.8, 4) is 5.75 Å². The fourth-order valence-electron chi connectivity index (χ4n) is 1.92. The van der Waals surface area contributed by atoms with Gasteiger partial charge in [0, 0.05) is 12.4 Å². The van der Waals surface area contributed by atoms with Gasteiger partial charge in [0.15, 0.2) is 11.9 Å². The van der Waals surface area contributed by atoms with E-state index in [1.165, 1.54) is 6.33 Å². The number of nitrogens with one attached hydrogen (secondary N) is 1. The third-order valence-electron chi connectivity index (χ3n) is 2.95. The molecule has 2 aromatic heterocycles. The molecule has 3 rings (SSSR count). The van der Waals surface area contributed by atoms with Crippen molar-refractivity contribution >= 4 is 26.8 Å². The Morgan fingerprint density at radius 3 is 2.76 bits per heavy atom. The van der Waals surface area contributed by atoms with Gasteiger partial charge in [-0.3, -0.25) is 4.79 Å². The second kappa shape index (κ2) is 5.61. The summed E-state index contributed by atoms with van der Waals surface area (Å²) in [5.74, 6) is 1.12. The van der Waals surface area contributed by atoms with Crippen molar-refractivity contribution < 1.29 is 4.74 Å². The number of nitrogens with zero attached hydrogens (tertiary/aromatic N) is 3. The van der Waals surface area contributed by atoms with Crippen molar-refractivity contribution in [2.75, 3.05) is 0 Å². The maximum absolute atomic E-state index is 11.8. The van der Waals surface area contributed by atoms with Crippen molar-refractivity contribution in [2.24, 2.45) is 0 Å². The molecule has 0 fully saturated rings. The predicted molar refractivity (Wildman–Crippen MR) is 81.1 cm³/mol. The van der Waals surface area contributed by atoms with E-state index in [9.17, 15) is 4.79 Å². The first-order chi connectivity index (χ1) is 10.1. The standard InChI is InChI=1S/C14H11BrN4O2/c1-8(13-16-3-2-4-17-13)21-12-5-9-11(6-10(12)15)18-7-19-14(9)20/h2-8H,1H3,(H,18,19,20)/t8-/m1/s1. The van der Waals surface area contributed by atoms with Gasteiger partial charge < -0.3 is 9.72 Å². The summed E-state index contributed by atoms with van der Waals surface area (Å²) in [6.07, 6.45) is 4.35. The van der Waals surface area contributed by atoms with Gasteiger partial charge in [0.2, 0.25) is 0 Å². The SMILES string of the molecule is C[C@@H](Oc1cc2c(=O)[nH]cnc2cc1Br)c1ncccn1. The molecule has 0 radical (unpaired) electrons. The molecule has 6 nitrogen and oxygen atoms in total. The number of hydrogen-bond acceptors (Lipinski definition) is 5. The van der Waals surface area contributed by atoms with E-state index in [0.717, 1.165) is 4.47 Å². The summed E-state index contributed by atoms with van der Waals surface area (Å²) in [6, 6.07) is 5.15. The Balaban J connectivity index is 1.99. The first kappa shape index (κ1) is 13.7. The highest BCUT2D eigenvalue weighted by atomic mass is 79.9. The van der Waals surface area contributed by atoms with Crippen LogP contribution in [-0.2, 0) is 0 Å². The van der Waals surface area contributed by atoms with Gasteiger partial charge in [0.1, 0.15) is 5.75 Å². The fraction of sp³-hybridized carbons (Fsp3) is 0.143. The van der Waals surface area contributed by atoms with Crippen molar-refractivity contribution in [1.82, 2.24) is 19.9 Å². The molecule has 2 heterocycles. The predicted octanol–water partition coefficient (Wildman–Crippen LogP) is 2.62. The number of halogens is 1. The molecule has 0 aliphatic rings. The second-order valence-electron chi connectivity index (χ2n) is 4.40. The highest BCUT2D eigenvalue weighted by Crippen LogP contribution is 2.31. The van der Waals surface area contributed by atoms with Crippen LogP contribution in [0.1, 0.15) is 18.9 Å². The Morgan fingerprint density at radius 1 is 1.24 bits per heavy atom. The molecular formula is C14H11BrN4O2. The number of hydrogen-bond donors (Lipinski definition) is 1. The average molecular weight is 347 g/mol. The first-order valence-electron chi connectivity index (χ1n) is 6.25. The maximum atomic E-state index is 11.8. The van der Waals surface area contributed by atoms with Crippen LogP contribution in [0.2, 0.25) is 0 Å². The Bertz CT molecular complexity index is 835. The molecule has 0 aliphatic carbocycles. The van der Waals surface area contributed by atoms with Crippen LogP contribution in [0.3, 0.4) is 0 Å². The first-order valence-corrected chi connectivity index (χ1v) is 7.05. The van der Waals surface area contributed by atoms with Gasteiger partial charge in [-0.1, -0.05) is 0 Å². The number of H-pyrrole nitrogens is 1. The molecule has 0 unspecified atom stereocenters. The molecule has 21 heavy (non-hydrogen) atoms. The molecule has 0 saturated heterocycles. The van der Waals surface area contributed by atoms with Crippen molar-refractivity contribution in [2.45, 2.75) is 13.0 Å². The summed E-state index contributed by atoms with van der Waals surface area (Å²) >= 11 is 3.42. The van der Waals surface area contributed by atoms with Gasteiger partial charge >= 0.3 is 0 Å². The highest BCUT2D eigenvalue weighted by Gasteiger charge is 2.13. The van der Waals surface area contributed by atoms with E-state index < -0.39 is 0 Å². The molecule has 0 saturated carbocycles. The smallest absolute Gasteiger partial charge is 0.258 e. The number of aromatic nitrogens is 4. The van der Waals surface area contributed by atoms with Crippen molar-refractivity contribution in [1.29, 1.82) is 0 Å². The largest absolute Gasteiger partial charge is 0.482 e. The van der Waals surface area contributed by atoms with Gasteiger partial charge in [0.25, 0.3) is 5.56 Å². The average Bonchev–Trinajstić information content (AvgIpc) is 2.50. The highest BCUT2D eigenvalue weighted by molar-refractivity contribution is 9.10. The third kappa shape index (κ3) is 2.78. The van der Waals surface area contributed by atoms with Crippen LogP contribution < -0.4 is 10.3 Å². The minimum atomic E-state index is -0.337. The van der Waals surface area contributed by atoms with Crippen molar-refractivity contribution in [3.63, 3.8) is 0 Å². The molecule has 1 N–H and O–H groups in total. The Kier molecular flexibility index (Phi) is 3.66. The number of ether oxygens (including phenoxy) is 1. The summed E-state index contributed by atoms with van der Waals surface area (Å²) < 4.78 is 6.56. The van der Waals surface area contributed by atoms with Gasteiger partial charge in [0.05, 0.1) is 21.7 Å². The van der Waals surface area contributed by atoms with Crippen LogP contribution >= 0.6 is 15.9 Å². The van der Waals surface area contributed by atoms with E-state index >= 15 is 0 Å². The van der Waals surface area contributed by atoms with E-state index in [0.29, 0.717) is 22.5 Å². The number of aromatic amines is 1. The van der Waals surface area contributed by atoms with E-state index in [2.05, 4.69) is 35.9 Å². The summed E-state index contributed by atoms with van der Waals surface area (Å²) in [6.45, 7) is 1.85. The molecule has 106 valence electrons. The number of benzene rings is 1. The van der Waals surface area contributed by atoms with E-state index in [1.54, 1.807) is 30.6 Å². The van der Waals surface area contributed by atoms with Gasteiger partial charge in [-0.25, -0.2) is 15.0 Å². The minimum Gasteiger partial charge on any atom is -0.482 e. The van der Waals surface area contributed by atoms with Crippen LogP contribution in [0.25, 0.3) is 10.9 Å². The lowest BCUT2D eigenvalue weighted by Crippen LogP contribution is -2.09. The quantitative estimate of drug-likeness (QED) is 0.788. The van der Waals surface area contributed by atoms with E-state index in [1.807, 2.05) is 6.92 Å². The van der Waals surface area contributed by atoms with Crippen LogP contribution in [-0.4, -0.2) is 19.9 Å². The zero-order chi connectivity index (χ0) is 14.8. The minimum absolute atomic E-state index is 0.207. The monoisotopic (exact) mass is 346 g/mol. The molecule has 0 spiro atoms. The fourth-order valence-corrected chi connectivity index (χ4v) is 2.35. The topological polar surface area (TPSA) is 80.8 Å². The third-order valence-corrected chi connectivity index (χ3v) is 3.57. The Labute approximate surface area is 128 Å². The second-order valence-corrected chi connectivity index (χ2v) is 5.25. The number of rotatable bonds is 3. The van der Waals surface area contributed by atoms with Crippen LogP contribution in [0.4, 0.5) is 0 Å². The van der Waals surface area contributed by atoms with E-state index in [-0.39, 0.29) is 11.7 Å². The molecule has 0 aliphatic heterocycles. The van der Waals surface area contributed by atoms with Crippen LogP contribution in [0, 0.1) is 0 Å². The summed E-state index contributed by atoms with van der Waals surface area (Å²) in [5, 5.41) is 0.469. The lowest BCUT2D eigenvalue weighted by molar-refractivity contribution is 0.215. The Morgan fingerprint density at radius 2 is 2.00 bits per heavy atom. The lowest BCUT2D eigenvalue weighted by Gasteiger charge is -2.14. The molecule has 0 bridgehead atoms. The van der Waals surface area contributed by atoms with Crippen LogP contribution in [0.15, 0.2) is 46.2 Å². The van der Waals surface area contributed by atoms with Gasteiger partial charge in [-0.2, -0.15) is 0 Å². The molecule has 3 aromatic rings. The summed E-state index contributed by atoms with van der Waals surface area (Å²) in [5.41, 5.74) is 0.391. The normalized spacial score (nSPS) is 12.3. The molecule has 7 heteroatoms. The molecule has 1 atom stereocenters. The Hall–Kier alpha value is -2.28. The van der Waals surface area contributed by atoms with Gasteiger partial charge in [-0.15, -0.1) is 0 Å². The molecule has 1 aromatic carbocycles. The van der Waals surface area contributed by atoms with E-state index in [4.69, 9.17) is 4.74 Å². The number of fused-ring (bicyclic) bond motifs is 1. The summed E-state index contributed by atoms with van der Waals surface area (Å²) in [4.78, 5) is 26.8. The summed E-state index contributed by atoms with van der Waals surface area (Å²) in [7, 11) is 0. The zero-order valence-corrected chi connectivity index (χ0v) is 12.7. The van der Waals surface area contributed by atoms with Crippen LogP contribution in [0.5, 0.6) is 5.75 Å². The molecule has 0 amide bonds. The maximum Gasteiger partial charge on any atom is 0.258 e. The van der Waals surface area contributed by atoms with Crippen molar-refractivity contribution in [3.05, 3.63) is 57.6 Å². The van der Waals surface area contributed by atoms with Gasteiger partial charge in [-0.05, 0) is 41.1 Å².